The summed E-state index contributed by atoms with van der Waals surface area (Å²) in [6.45, 7) is 0.406. The van der Waals surface area contributed by atoms with E-state index in [2.05, 4.69) is 0 Å². The minimum atomic E-state index is -0.598. The Balaban J connectivity index is 2.23. The van der Waals surface area contributed by atoms with Gasteiger partial charge in [0.05, 0.1) is 19.2 Å². The van der Waals surface area contributed by atoms with Crippen LogP contribution in [0, 0.1) is 0 Å². The highest BCUT2D eigenvalue weighted by Crippen LogP contribution is 2.40. The van der Waals surface area contributed by atoms with E-state index in [9.17, 15) is 5.11 Å². The second-order valence-electron chi connectivity index (χ2n) is 3.48. The summed E-state index contributed by atoms with van der Waals surface area (Å²) in [7, 11) is 3.56. The van der Waals surface area contributed by atoms with E-state index in [1.807, 2.05) is 7.85 Å². The summed E-state index contributed by atoms with van der Waals surface area (Å²) in [5.74, 6) is 0. The Kier molecular flexibility index (Phi) is 1.91. The second kappa shape index (κ2) is 2.70. The van der Waals surface area contributed by atoms with Crippen molar-refractivity contribution in [1.29, 1.82) is 0 Å². The van der Waals surface area contributed by atoms with E-state index >= 15 is 0 Å². The molecule has 2 saturated heterocycles. The predicted octanol–water partition coefficient (Wildman–Crippen LogP) is -1.88. The number of aliphatic hydroxyl groups is 1. The van der Waals surface area contributed by atoms with E-state index < -0.39 is 5.60 Å². The molecule has 0 aromatic heterocycles. The third-order valence-corrected chi connectivity index (χ3v) is 2.74. The van der Waals surface area contributed by atoms with Crippen molar-refractivity contribution in [2.75, 3.05) is 20.3 Å². The van der Waals surface area contributed by atoms with Gasteiger partial charge in [-0.25, -0.2) is 0 Å². The van der Waals surface area contributed by atoms with E-state index in [0.717, 1.165) is 0 Å². The number of aliphatic hydroxyl groups excluding tert-OH is 1. The number of ether oxygens (including phenoxy) is 3. The van der Waals surface area contributed by atoms with Gasteiger partial charge in [0.25, 0.3) is 0 Å². The summed E-state index contributed by atoms with van der Waals surface area (Å²) in [5.41, 5.74) is -0.598. The van der Waals surface area contributed by atoms with Crippen LogP contribution >= 0.6 is 0 Å². The van der Waals surface area contributed by atoms with Crippen LogP contribution in [0.5, 0.6) is 0 Å². The summed E-state index contributed by atoms with van der Waals surface area (Å²) in [6, 6.07) is 0.0239. The van der Waals surface area contributed by atoms with E-state index in [4.69, 9.17) is 14.2 Å². The zero-order chi connectivity index (χ0) is 8.77. The maximum absolute atomic E-state index is 9.18. The highest BCUT2D eigenvalue weighted by atomic mass is 16.7. The molecule has 2 rings (SSSR count). The van der Waals surface area contributed by atoms with E-state index in [0.29, 0.717) is 6.61 Å². The van der Waals surface area contributed by atoms with Gasteiger partial charge >= 0.3 is 0 Å². The smallest absolute Gasteiger partial charge is 0.142 e. The van der Waals surface area contributed by atoms with Gasteiger partial charge in [0.15, 0.2) is 0 Å². The lowest BCUT2D eigenvalue weighted by atomic mass is 9.92. The van der Waals surface area contributed by atoms with Crippen molar-refractivity contribution in [3.8, 4) is 0 Å². The Bertz CT molecular complexity index is 188. The minimum absolute atomic E-state index is 0.0119. The molecule has 12 heavy (non-hydrogen) atoms. The van der Waals surface area contributed by atoms with Crippen LogP contribution in [0.25, 0.3) is 0 Å². The van der Waals surface area contributed by atoms with Crippen LogP contribution in [0.15, 0.2) is 0 Å². The van der Waals surface area contributed by atoms with Gasteiger partial charge in [-0.2, -0.15) is 0 Å². The number of fused-ring (bicyclic) bond motifs is 2. The normalized spacial score (nSPS) is 51.7. The molecule has 68 valence electrons. The molecule has 0 amide bonds. The summed E-state index contributed by atoms with van der Waals surface area (Å²) >= 11 is 0. The molecule has 0 spiro atoms. The van der Waals surface area contributed by atoms with Gasteiger partial charge in [0.2, 0.25) is 0 Å². The van der Waals surface area contributed by atoms with Gasteiger partial charge in [-0.1, -0.05) is 0 Å². The fourth-order valence-corrected chi connectivity index (χ4v) is 2.15. The van der Waals surface area contributed by atoms with Crippen molar-refractivity contribution >= 4 is 7.85 Å². The Labute approximate surface area is 72.2 Å². The quantitative estimate of drug-likeness (QED) is 0.495. The van der Waals surface area contributed by atoms with Crippen molar-refractivity contribution in [2.45, 2.75) is 23.8 Å². The monoisotopic (exact) mass is 172 g/mol. The van der Waals surface area contributed by atoms with Gasteiger partial charge in [-0.3, -0.25) is 0 Å². The molecule has 2 heterocycles. The molecular formula is C7H13BO4. The van der Waals surface area contributed by atoms with Crippen LogP contribution < -0.4 is 0 Å². The van der Waals surface area contributed by atoms with Gasteiger partial charge in [0, 0.05) is 7.11 Å². The molecule has 2 fully saturated rings. The van der Waals surface area contributed by atoms with Crippen molar-refractivity contribution in [3.63, 3.8) is 0 Å². The molecule has 5 heteroatoms. The lowest BCUT2D eigenvalue weighted by molar-refractivity contribution is -0.138. The molecule has 2 aliphatic rings. The number of methoxy groups -OCH3 is 1. The van der Waals surface area contributed by atoms with E-state index in [1.54, 1.807) is 7.11 Å². The van der Waals surface area contributed by atoms with Crippen molar-refractivity contribution in [3.05, 3.63) is 0 Å². The first-order valence-corrected chi connectivity index (χ1v) is 4.16. The Hall–Kier alpha value is -0.0951. The topological polar surface area (TPSA) is 47.9 Å². The fourth-order valence-electron chi connectivity index (χ4n) is 2.15. The molecule has 0 aromatic carbocycles. The van der Waals surface area contributed by atoms with E-state index in [-0.39, 0.29) is 24.8 Å². The van der Waals surface area contributed by atoms with Gasteiger partial charge in [0.1, 0.15) is 25.7 Å². The van der Waals surface area contributed by atoms with Crippen LogP contribution in [0.2, 0.25) is 0 Å². The van der Waals surface area contributed by atoms with Crippen molar-refractivity contribution in [2.24, 2.45) is 0 Å². The largest absolute Gasteiger partial charge is 0.393 e. The van der Waals surface area contributed by atoms with E-state index in [1.165, 1.54) is 0 Å². The average molecular weight is 172 g/mol. The highest BCUT2D eigenvalue weighted by Gasteiger charge is 2.60. The molecule has 0 aromatic rings. The van der Waals surface area contributed by atoms with Gasteiger partial charge in [-0.15, -0.1) is 0 Å². The summed E-state index contributed by atoms with van der Waals surface area (Å²) < 4.78 is 16.3. The summed E-state index contributed by atoms with van der Waals surface area (Å²) in [6.07, 6.45) is -0.125. The first-order chi connectivity index (χ1) is 5.73. The molecule has 4 atom stereocenters. The molecule has 1 N–H and O–H groups in total. The fraction of sp³-hybridized carbons (Fsp3) is 1.00. The molecule has 4 nitrogen and oxygen atoms in total. The van der Waals surface area contributed by atoms with Crippen LogP contribution in [-0.2, 0) is 14.2 Å². The average Bonchev–Trinajstić information content (AvgIpc) is 2.56. The first kappa shape index (κ1) is 8.50. The third kappa shape index (κ3) is 0.878. The maximum atomic E-state index is 9.18. The first-order valence-electron chi connectivity index (χ1n) is 4.16. The van der Waals surface area contributed by atoms with Crippen LogP contribution in [0.1, 0.15) is 0 Å². The molecule has 4 unspecified atom stereocenters. The van der Waals surface area contributed by atoms with Crippen molar-refractivity contribution < 1.29 is 19.3 Å². The molecule has 2 bridgehead atoms. The Morgan fingerprint density at radius 3 is 2.92 bits per heavy atom. The zero-order valence-electron chi connectivity index (χ0n) is 7.32. The van der Waals surface area contributed by atoms with Crippen LogP contribution in [-0.4, -0.2) is 57.1 Å². The van der Waals surface area contributed by atoms with Gasteiger partial charge < -0.3 is 19.3 Å². The molecular weight excluding hydrogens is 159 g/mol. The highest BCUT2D eigenvalue weighted by molar-refractivity contribution is 6.11. The predicted molar refractivity (Wildman–Crippen MR) is 43.8 cm³/mol. The molecule has 0 radical (unpaired) electrons. The second-order valence-corrected chi connectivity index (χ2v) is 3.48. The summed E-state index contributed by atoms with van der Waals surface area (Å²) in [5, 5.41) is 9.18. The van der Waals surface area contributed by atoms with Crippen LogP contribution in [0.4, 0.5) is 0 Å². The minimum Gasteiger partial charge on any atom is -0.393 e. The Morgan fingerprint density at radius 1 is 1.75 bits per heavy atom. The maximum Gasteiger partial charge on any atom is 0.142 e. The zero-order valence-corrected chi connectivity index (χ0v) is 7.32. The van der Waals surface area contributed by atoms with Gasteiger partial charge in [-0.05, 0) is 0 Å². The third-order valence-electron chi connectivity index (χ3n) is 2.74. The standard InChI is InChI=1S/C7H13BO4/c1-10-5-4-6(8)12-7(5,2-9)3-11-4/h4-6,9H,2-3,8H2,1H3. The van der Waals surface area contributed by atoms with Crippen molar-refractivity contribution in [1.82, 2.24) is 0 Å². The Morgan fingerprint density at radius 2 is 2.50 bits per heavy atom. The lowest BCUT2D eigenvalue weighted by Gasteiger charge is -2.27. The SMILES string of the molecule is BC1OC2(CO)COC1C2OC. The molecule has 0 aliphatic carbocycles. The molecule has 0 saturated carbocycles. The summed E-state index contributed by atoms with van der Waals surface area (Å²) in [4.78, 5) is 0. The number of hydrogen-bond donors (Lipinski definition) is 1. The lowest BCUT2D eigenvalue weighted by Crippen LogP contribution is -2.45. The molecule has 2 aliphatic heterocycles. The number of rotatable bonds is 2. The number of hydrogen-bond acceptors (Lipinski definition) is 4. The van der Waals surface area contributed by atoms with Crippen LogP contribution in [0.3, 0.4) is 0 Å².